The average Bonchev–Trinajstić information content (AvgIpc) is 3.27. The number of allylic oxidation sites excluding steroid dienone is 1. The highest BCUT2D eigenvalue weighted by atomic mass is 16.5. The molecule has 1 heterocycles. The standard InChI is InChI=1S/C30H33N3O3/c1-3-10-24-15-17-27(28(21-24)35-2)36-20-9-19-33-26-14-8-7-13-25(26)32-29(33)22-31-30(34)18-16-23-11-5-4-6-12-23/h3-8,11-15,17,21H,1,9-10,16,18-20,22H2,2H3,(H,31,34). The van der Waals surface area contributed by atoms with E-state index in [0.717, 1.165) is 65.3 Å². The van der Waals surface area contributed by atoms with Gasteiger partial charge in [0.25, 0.3) is 0 Å². The third-order valence-corrected chi connectivity index (χ3v) is 6.05. The van der Waals surface area contributed by atoms with Crippen LogP contribution in [0.5, 0.6) is 11.5 Å². The summed E-state index contributed by atoms with van der Waals surface area (Å²) in [5, 5.41) is 3.04. The van der Waals surface area contributed by atoms with E-state index in [2.05, 4.69) is 22.5 Å². The summed E-state index contributed by atoms with van der Waals surface area (Å²) in [6.45, 7) is 5.44. The number of amides is 1. The molecule has 0 bridgehead atoms. The number of rotatable bonds is 13. The van der Waals surface area contributed by atoms with E-state index in [-0.39, 0.29) is 5.91 Å². The Morgan fingerprint density at radius 3 is 2.64 bits per heavy atom. The minimum absolute atomic E-state index is 0.0211. The van der Waals surface area contributed by atoms with Gasteiger partial charge in [0, 0.05) is 13.0 Å². The Bertz CT molecular complexity index is 1300. The van der Waals surface area contributed by atoms with Crippen LogP contribution in [-0.4, -0.2) is 29.2 Å². The Morgan fingerprint density at radius 1 is 1.03 bits per heavy atom. The van der Waals surface area contributed by atoms with Crippen LogP contribution in [0.4, 0.5) is 0 Å². The number of ether oxygens (including phenoxy) is 2. The summed E-state index contributed by atoms with van der Waals surface area (Å²) in [4.78, 5) is 17.2. The third kappa shape index (κ3) is 6.54. The van der Waals surface area contributed by atoms with Crippen molar-refractivity contribution >= 4 is 16.9 Å². The molecular formula is C30H33N3O3. The number of nitrogens with one attached hydrogen (secondary N) is 1. The van der Waals surface area contributed by atoms with Gasteiger partial charge in [-0.1, -0.05) is 54.6 Å². The molecule has 0 aliphatic rings. The summed E-state index contributed by atoms with van der Waals surface area (Å²) in [6.07, 6.45) is 4.61. The van der Waals surface area contributed by atoms with Gasteiger partial charge in [-0.25, -0.2) is 4.98 Å². The number of aryl methyl sites for hydroxylation is 2. The summed E-state index contributed by atoms with van der Waals surface area (Å²) in [5.74, 6) is 2.32. The number of imidazole rings is 1. The Morgan fingerprint density at radius 2 is 1.83 bits per heavy atom. The number of fused-ring (bicyclic) bond motifs is 1. The largest absolute Gasteiger partial charge is 0.493 e. The fourth-order valence-electron chi connectivity index (χ4n) is 4.21. The van der Waals surface area contributed by atoms with Crippen molar-refractivity contribution < 1.29 is 14.3 Å². The van der Waals surface area contributed by atoms with E-state index in [1.54, 1.807) is 7.11 Å². The number of carbonyl (C=O) groups excluding carboxylic acids is 1. The van der Waals surface area contributed by atoms with Crippen molar-refractivity contribution in [2.75, 3.05) is 13.7 Å². The van der Waals surface area contributed by atoms with Gasteiger partial charge in [0.15, 0.2) is 11.5 Å². The molecule has 36 heavy (non-hydrogen) atoms. The van der Waals surface area contributed by atoms with Crippen LogP contribution >= 0.6 is 0 Å². The number of hydrogen-bond donors (Lipinski definition) is 1. The lowest BCUT2D eigenvalue weighted by atomic mass is 10.1. The van der Waals surface area contributed by atoms with E-state index in [9.17, 15) is 4.79 Å². The van der Waals surface area contributed by atoms with E-state index in [0.29, 0.717) is 19.6 Å². The molecule has 0 saturated heterocycles. The Hall–Kier alpha value is -4.06. The zero-order valence-corrected chi connectivity index (χ0v) is 20.8. The molecule has 6 heteroatoms. The fourth-order valence-corrected chi connectivity index (χ4v) is 4.21. The van der Waals surface area contributed by atoms with Gasteiger partial charge in [0.05, 0.1) is 31.3 Å². The second-order valence-electron chi connectivity index (χ2n) is 8.61. The van der Waals surface area contributed by atoms with Crippen LogP contribution in [0.1, 0.15) is 29.8 Å². The highest BCUT2D eigenvalue weighted by Crippen LogP contribution is 2.28. The number of methoxy groups -OCH3 is 1. The third-order valence-electron chi connectivity index (χ3n) is 6.05. The van der Waals surface area contributed by atoms with Crippen molar-refractivity contribution in [3.63, 3.8) is 0 Å². The van der Waals surface area contributed by atoms with Crippen LogP contribution in [-0.2, 0) is 30.7 Å². The predicted octanol–water partition coefficient (Wildman–Crippen LogP) is 5.49. The van der Waals surface area contributed by atoms with E-state index in [1.807, 2.05) is 72.8 Å². The second-order valence-corrected chi connectivity index (χ2v) is 8.61. The highest BCUT2D eigenvalue weighted by molar-refractivity contribution is 5.77. The van der Waals surface area contributed by atoms with Crippen LogP contribution in [0, 0.1) is 0 Å². The summed E-state index contributed by atoms with van der Waals surface area (Å²) >= 11 is 0. The van der Waals surface area contributed by atoms with Crippen molar-refractivity contribution in [1.29, 1.82) is 0 Å². The molecule has 1 N–H and O–H groups in total. The Kier molecular flexibility index (Phi) is 8.76. The van der Waals surface area contributed by atoms with Gasteiger partial charge in [-0.05, 0) is 54.7 Å². The number of hydrogen-bond acceptors (Lipinski definition) is 4. The van der Waals surface area contributed by atoms with Crippen molar-refractivity contribution in [2.45, 2.75) is 38.8 Å². The molecule has 0 fully saturated rings. The van der Waals surface area contributed by atoms with E-state index >= 15 is 0 Å². The maximum Gasteiger partial charge on any atom is 0.220 e. The molecule has 0 radical (unpaired) electrons. The molecule has 0 unspecified atom stereocenters. The summed E-state index contributed by atoms with van der Waals surface area (Å²) in [7, 11) is 1.65. The predicted molar refractivity (Wildman–Crippen MR) is 143 cm³/mol. The first kappa shape index (κ1) is 25.0. The van der Waals surface area contributed by atoms with Crippen LogP contribution in [0.2, 0.25) is 0 Å². The van der Waals surface area contributed by atoms with Crippen molar-refractivity contribution in [3.8, 4) is 11.5 Å². The number of carbonyl (C=O) groups is 1. The van der Waals surface area contributed by atoms with Crippen molar-refractivity contribution in [1.82, 2.24) is 14.9 Å². The number of para-hydroxylation sites is 2. The summed E-state index contributed by atoms with van der Waals surface area (Å²) in [5.41, 5.74) is 4.27. The minimum atomic E-state index is 0.0211. The topological polar surface area (TPSA) is 65.4 Å². The quantitative estimate of drug-likeness (QED) is 0.202. The van der Waals surface area contributed by atoms with Gasteiger partial charge in [0.1, 0.15) is 5.82 Å². The van der Waals surface area contributed by atoms with E-state index in [1.165, 1.54) is 0 Å². The molecular weight excluding hydrogens is 450 g/mol. The maximum absolute atomic E-state index is 12.5. The molecule has 3 aromatic carbocycles. The monoisotopic (exact) mass is 483 g/mol. The molecule has 4 aromatic rings. The molecule has 1 amide bonds. The molecule has 0 saturated carbocycles. The first-order valence-electron chi connectivity index (χ1n) is 12.3. The van der Waals surface area contributed by atoms with Gasteiger partial charge in [-0.3, -0.25) is 4.79 Å². The summed E-state index contributed by atoms with van der Waals surface area (Å²) < 4.78 is 13.7. The lowest BCUT2D eigenvalue weighted by Gasteiger charge is -2.13. The molecule has 0 atom stereocenters. The molecule has 6 nitrogen and oxygen atoms in total. The van der Waals surface area contributed by atoms with Gasteiger partial charge in [-0.2, -0.15) is 0 Å². The van der Waals surface area contributed by atoms with E-state index in [4.69, 9.17) is 14.5 Å². The van der Waals surface area contributed by atoms with Crippen LogP contribution in [0.25, 0.3) is 11.0 Å². The lowest BCUT2D eigenvalue weighted by Crippen LogP contribution is -2.25. The van der Waals surface area contributed by atoms with Crippen LogP contribution < -0.4 is 14.8 Å². The van der Waals surface area contributed by atoms with Gasteiger partial charge in [-0.15, -0.1) is 6.58 Å². The normalized spacial score (nSPS) is 10.8. The van der Waals surface area contributed by atoms with Crippen LogP contribution in [0.3, 0.4) is 0 Å². The zero-order valence-electron chi connectivity index (χ0n) is 20.8. The lowest BCUT2D eigenvalue weighted by molar-refractivity contribution is -0.121. The van der Waals surface area contributed by atoms with Gasteiger partial charge < -0.3 is 19.4 Å². The first-order chi connectivity index (χ1) is 17.7. The number of nitrogens with zero attached hydrogens (tertiary/aromatic N) is 2. The number of aromatic nitrogens is 2. The molecule has 4 rings (SSSR count). The smallest absolute Gasteiger partial charge is 0.220 e. The van der Waals surface area contributed by atoms with Gasteiger partial charge >= 0.3 is 0 Å². The summed E-state index contributed by atoms with van der Waals surface area (Å²) in [6, 6.07) is 24.1. The molecule has 0 aliphatic heterocycles. The Labute approximate surface area is 212 Å². The Balaban J connectivity index is 1.35. The average molecular weight is 484 g/mol. The van der Waals surface area contributed by atoms with Crippen molar-refractivity contribution in [3.05, 3.63) is 102 Å². The fraction of sp³-hybridized carbons (Fsp3) is 0.267. The number of benzene rings is 3. The SMILES string of the molecule is C=CCc1ccc(OCCCn2c(CNC(=O)CCc3ccccc3)nc3ccccc32)c(OC)c1. The molecule has 0 spiro atoms. The van der Waals surface area contributed by atoms with Crippen LogP contribution in [0.15, 0.2) is 85.5 Å². The second kappa shape index (κ2) is 12.6. The van der Waals surface area contributed by atoms with E-state index < -0.39 is 0 Å². The molecule has 186 valence electrons. The first-order valence-corrected chi connectivity index (χ1v) is 12.3. The van der Waals surface area contributed by atoms with Gasteiger partial charge in [0.2, 0.25) is 5.91 Å². The highest BCUT2D eigenvalue weighted by Gasteiger charge is 2.12. The minimum Gasteiger partial charge on any atom is -0.493 e. The molecule has 0 aliphatic carbocycles. The zero-order chi connectivity index (χ0) is 25.2. The molecule has 1 aromatic heterocycles. The maximum atomic E-state index is 12.5. The van der Waals surface area contributed by atoms with Crippen molar-refractivity contribution in [2.24, 2.45) is 0 Å².